The third-order valence-electron chi connectivity index (χ3n) is 15.4. The molecule has 0 radical (unpaired) electrons. The van der Waals surface area contributed by atoms with Gasteiger partial charge in [0.2, 0.25) is 5.91 Å². The molecule has 436 valence electrons. The fraction of sp³-hybridized carbons (Fsp3) is 0.882. The molecular weight excluding hydrogens is 911 g/mol. The van der Waals surface area contributed by atoms with Crippen LogP contribution in [-0.4, -0.2) is 47.4 Å². The quantitative estimate of drug-likeness (QED) is 0.0320. The van der Waals surface area contributed by atoms with Crippen LogP contribution in [-0.2, 0) is 14.3 Å². The number of allylic oxidation sites excluding steroid dienone is 5. The monoisotopic (exact) mass is 1040 g/mol. The molecule has 0 aromatic carbocycles. The third kappa shape index (κ3) is 59.3. The van der Waals surface area contributed by atoms with Crippen molar-refractivity contribution in [3.8, 4) is 0 Å². The van der Waals surface area contributed by atoms with Gasteiger partial charge in [-0.05, 0) is 57.8 Å². The Morgan fingerprint density at radius 3 is 1.08 bits per heavy atom. The molecule has 74 heavy (non-hydrogen) atoms. The lowest BCUT2D eigenvalue weighted by molar-refractivity contribution is -0.143. The van der Waals surface area contributed by atoms with Crippen LogP contribution in [0.3, 0.4) is 0 Å². The summed E-state index contributed by atoms with van der Waals surface area (Å²) in [5.41, 5.74) is 0. The van der Waals surface area contributed by atoms with E-state index in [2.05, 4.69) is 43.5 Å². The van der Waals surface area contributed by atoms with E-state index >= 15 is 0 Å². The van der Waals surface area contributed by atoms with Gasteiger partial charge in [-0.25, -0.2) is 0 Å². The Morgan fingerprint density at radius 2 is 0.703 bits per heavy atom. The zero-order valence-corrected chi connectivity index (χ0v) is 49.8. The molecule has 6 nitrogen and oxygen atoms in total. The second-order valence-electron chi connectivity index (χ2n) is 22.8. The number of aliphatic hydroxyl groups excluding tert-OH is 2. The van der Waals surface area contributed by atoms with Gasteiger partial charge in [-0.1, -0.05) is 326 Å². The molecule has 2 unspecified atom stereocenters. The van der Waals surface area contributed by atoms with Crippen molar-refractivity contribution in [3.05, 3.63) is 36.5 Å². The average molecular weight is 1040 g/mol. The second-order valence-corrected chi connectivity index (χ2v) is 22.8. The first-order chi connectivity index (χ1) is 36.5. The van der Waals surface area contributed by atoms with E-state index in [1.54, 1.807) is 6.08 Å². The van der Waals surface area contributed by atoms with Gasteiger partial charge < -0.3 is 20.3 Å². The van der Waals surface area contributed by atoms with Crippen LogP contribution >= 0.6 is 0 Å². The Labute approximate surface area is 462 Å². The second kappa shape index (κ2) is 63.6. The third-order valence-corrected chi connectivity index (χ3v) is 15.4. The van der Waals surface area contributed by atoms with E-state index in [1.807, 2.05) is 6.08 Å². The molecule has 0 aliphatic heterocycles. The van der Waals surface area contributed by atoms with Crippen LogP contribution in [0.5, 0.6) is 0 Å². The molecular formula is C68H129NO5. The summed E-state index contributed by atoms with van der Waals surface area (Å²) in [6.07, 6.45) is 80.7. The number of rotatable bonds is 62. The molecule has 1 amide bonds. The lowest BCUT2D eigenvalue weighted by Crippen LogP contribution is -2.45. The first-order valence-electron chi connectivity index (χ1n) is 33.3. The lowest BCUT2D eigenvalue weighted by atomic mass is 10.0. The summed E-state index contributed by atoms with van der Waals surface area (Å²) in [7, 11) is 0. The Bertz CT molecular complexity index is 1200. The van der Waals surface area contributed by atoms with E-state index in [4.69, 9.17) is 4.74 Å². The van der Waals surface area contributed by atoms with Crippen LogP contribution in [0, 0.1) is 0 Å². The first kappa shape index (κ1) is 72.1. The van der Waals surface area contributed by atoms with Crippen LogP contribution < -0.4 is 5.32 Å². The summed E-state index contributed by atoms with van der Waals surface area (Å²) in [5, 5.41) is 23.1. The van der Waals surface area contributed by atoms with Crippen molar-refractivity contribution in [1.29, 1.82) is 0 Å². The molecule has 6 heteroatoms. The number of ether oxygens (including phenoxy) is 1. The number of esters is 1. The highest BCUT2D eigenvalue weighted by molar-refractivity contribution is 5.76. The molecule has 0 spiro atoms. The summed E-state index contributed by atoms with van der Waals surface area (Å²) in [6, 6.07) is -0.624. The van der Waals surface area contributed by atoms with Crippen molar-refractivity contribution >= 4 is 11.9 Å². The standard InChI is InChI=1S/C68H129NO5/c1-3-5-7-9-11-13-15-17-37-40-44-48-52-56-60-66(71)65(64-70)69-67(72)61-57-53-49-45-41-38-34-32-30-28-26-24-22-20-18-19-21-23-25-27-29-31-33-35-39-43-47-51-55-59-63-74-68(73)62-58-54-50-46-42-36-16-14-12-10-8-6-4-2/h8,10,14,16,56,60,65-66,70-71H,3-7,9,11-13,15,17-55,57-59,61-64H2,1-2H3,(H,69,72)/b10-8-,16-14-,60-56+. The first-order valence-corrected chi connectivity index (χ1v) is 33.3. The van der Waals surface area contributed by atoms with Crippen molar-refractivity contribution in [2.45, 2.75) is 373 Å². The predicted molar refractivity (Wildman–Crippen MR) is 324 cm³/mol. The van der Waals surface area contributed by atoms with Crippen LogP contribution in [0.4, 0.5) is 0 Å². The number of aliphatic hydroxyl groups is 2. The Morgan fingerprint density at radius 1 is 0.378 bits per heavy atom. The smallest absolute Gasteiger partial charge is 0.305 e. The van der Waals surface area contributed by atoms with E-state index in [0.717, 1.165) is 51.4 Å². The molecule has 0 aliphatic rings. The molecule has 3 N–H and O–H groups in total. The minimum Gasteiger partial charge on any atom is -0.466 e. The minimum atomic E-state index is -0.841. The number of carbonyl (C=O) groups excluding carboxylic acids is 2. The Kier molecular flexibility index (Phi) is 62.0. The van der Waals surface area contributed by atoms with Crippen LogP contribution in [0.25, 0.3) is 0 Å². The predicted octanol–water partition coefficient (Wildman–Crippen LogP) is 21.1. The van der Waals surface area contributed by atoms with E-state index < -0.39 is 12.1 Å². The molecule has 0 aromatic rings. The van der Waals surface area contributed by atoms with Crippen molar-refractivity contribution in [3.63, 3.8) is 0 Å². The van der Waals surface area contributed by atoms with Gasteiger partial charge in [0.25, 0.3) is 0 Å². The molecule has 0 aromatic heterocycles. The van der Waals surface area contributed by atoms with Gasteiger partial charge in [0, 0.05) is 12.8 Å². The fourth-order valence-electron chi connectivity index (χ4n) is 10.3. The van der Waals surface area contributed by atoms with Crippen molar-refractivity contribution in [1.82, 2.24) is 5.32 Å². The topological polar surface area (TPSA) is 95.9 Å². The summed E-state index contributed by atoms with van der Waals surface area (Å²) < 4.78 is 5.47. The minimum absolute atomic E-state index is 0.00442. The molecule has 0 saturated carbocycles. The average Bonchev–Trinajstić information content (AvgIpc) is 3.40. The lowest BCUT2D eigenvalue weighted by Gasteiger charge is -2.20. The maximum atomic E-state index is 12.5. The van der Waals surface area contributed by atoms with Crippen molar-refractivity contribution in [2.24, 2.45) is 0 Å². The number of hydrogen-bond acceptors (Lipinski definition) is 5. The number of hydrogen-bond donors (Lipinski definition) is 3. The Hall–Kier alpha value is -1.92. The highest BCUT2D eigenvalue weighted by Gasteiger charge is 2.18. The molecule has 0 fully saturated rings. The van der Waals surface area contributed by atoms with E-state index in [1.165, 1.54) is 283 Å². The van der Waals surface area contributed by atoms with Gasteiger partial charge in [-0.3, -0.25) is 9.59 Å². The van der Waals surface area contributed by atoms with Crippen LogP contribution in [0.2, 0.25) is 0 Å². The zero-order chi connectivity index (χ0) is 53.6. The molecule has 0 saturated heterocycles. The van der Waals surface area contributed by atoms with Gasteiger partial charge in [0.15, 0.2) is 0 Å². The Balaban J connectivity index is 3.34. The van der Waals surface area contributed by atoms with Crippen molar-refractivity contribution < 1.29 is 24.5 Å². The number of nitrogens with one attached hydrogen (secondary N) is 1. The molecule has 0 aliphatic carbocycles. The van der Waals surface area contributed by atoms with Gasteiger partial charge >= 0.3 is 5.97 Å². The number of amides is 1. The van der Waals surface area contributed by atoms with E-state index in [-0.39, 0.29) is 18.5 Å². The molecule has 0 heterocycles. The zero-order valence-electron chi connectivity index (χ0n) is 49.8. The number of unbranched alkanes of at least 4 members (excludes halogenated alkanes) is 47. The van der Waals surface area contributed by atoms with E-state index in [0.29, 0.717) is 19.4 Å². The fourth-order valence-corrected chi connectivity index (χ4v) is 10.3. The van der Waals surface area contributed by atoms with Gasteiger partial charge in [0.05, 0.1) is 25.4 Å². The highest BCUT2D eigenvalue weighted by atomic mass is 16.5. The number of carbonyl (C=O) groups is 2. The summed E-state index contributed by atoms with van der Waals surface area (Å²) in [5.74, 6) is -0.0583. The highest BCUT2D eigenvalue weighted by Crippen LogP contribution is 2.18. The molecule has 0 rings (SSSR count). The molecule has 0 bridgehead atoms. The maximum Gasteiger partial charge on any atom is 0.305 e. The van der Waals surface area contributed by atoms with Crippen LogP contribution in [0.15, 0.2) is 36.5 Å². The summed E-state index contributed by atoms with van der Waals surface area (Å²) in [4.78, 5) is 24.5. The van der Waals surface area contributed by atoms with Gasteiger partial charge in [-0.2, -0.15) is 0 Å². The van der Waals surface area contributed by atoms with Crippen molar-refractivity contribution in [2.75, 3.05) is 13.2 Å². The maximum absolute atomic E-state index is 12.5. The molecule has 2 atom stereocenters. The van der Waals surface area contributed by atoms with Gasteiger partial charge in [0.1, 0.15) is 0 Å². The normalized spacial score (nSPS) is 12.8. The van der Waals surface area contributed by atoms with Crippen LogP contribution in [0.1, 0.15) is 361 Å². The van der Waals surface area contributed by atoms with E-state index in [9.17, 15) is 19.8 Å². The SMILES string of the molecule is CCC/C=C\C/C=C\CCCCCCCC(=O)OCCCCCCCCCCCCCCCCCCCCCCCCCCCCCCCCC(=O)NC(CO)C(O)/C=C/CCCCCCCCCCCCCC. The largest absolute Gasteiger partial charge is 0.466 e. The summed E-state index contributed by atoms with van der Waals surface area (Å²) in [6.45, 7) is 4.85. The van der Waals surface area contributed by atoms with Gasteiger partial charge in [-0.15, -0.1) is 0 Å². The summed E-state index contributed by atoms with van der Waals surface area (Å²) >= 11 is 0.